The maximum atomic E-state index is 13.6. The first-order chi connectivity index (χ1) is 37.6. The highest BCUT2D eigenvalue weighted by atomic mass is 31.2. The average Bonchev–Trinajstić information content (AvgIpc) is 3.41. The van der Waals surface area contributed by atoms with Crippen LogP contribution in [0.1, 0.15) is 362 Å². The first-order valence-corrected chi connectivity index (χ1v) is 34.9. The smallest absolute Gasteiger partial charge is 0.462 e. The molecule has 0 aliphatic carbocycles. The molecule has 11 nitrogen and oxygen atoms in total. The quantitative estimate of drug-likeness (QED) is 0.0355. The topological polar surface area (TPSA) is 146 Å². The second-order valence-corrected chi connectivity index (χ2v) is 24.3. The van der Waals surface area contributed by atoms with E-state index >= 15 is 0 Å². The Bertz CT molecular complexity index is 1320. The van der Waals surface area contributed by atoms with E-state index in [0.717, 1.165) is 77.0 Å². The Morgan fingerprint density at radius 1 is 0.351 bits per heavy atom. The van der Waals surface area contributed by atoms with Gasteiger partial charge in [0.05, 0.1) is 19.8 Å². The highest BCUT2D eigenvalue weighted by molar-refractivity contribution is 7.47. The molecule has 1 unspecified atom stereocenters. The molecule has 0 aromatic carbocycles. The van der Waals surface area contributed by atoms with Crippen molar-refractivity contribution in [1.82, 2.24) is 4.90 Å². The second kappa shape index (κ2) is 58.8. The molecule has 1 N–H and O–H groups in total. The van der Waals surface area contributed by atoms with Crippen LogP contribution >= 0.6 is 7.82 Å². The predicted octanol–water partition coefficient (Wildman–Crippen LogP) is 20.3. The molecule has 0 spiro atoms. The van der Waals surface area contributed by atoms with Crippen molar-refractivity contribution in [3.63, 3.8) is 0 Å². The van der Waals surface area contributed by atoms with Crippen LogP contribution in [0.5, 0.6) is 0 Å². The Morgan fingerprint density at radius 2 is 0.610 bits per heavy atom. The standard InChI is InChI=1S/C65H126NO10P/c1-5-9-13-17-21-25-29-33-37-41-45-49-53-62(67)66(63(68)54-50-46-42-38-34-30-26-22-18-14-10-6-2)57-58-74-77(71,72)75-60-61(76-65(70)56-52-48-44-40-36-32-28-24-20-16-12-8-4)59-73-64(69)55-51-47-43-39-35-31-27-23-19-15-11-7-3/h61H,5-60H2,1-4H3,(H,71,72)/t61-/m1/s1. The minimum atomic E-state index is -4.73. The van der Waals surface area contributed by atoms with Crippen molar-refractivity contribution in [3.05, 3.63) is 0 Å². The van der Waals surface area contributed by atoms with Gasteiger partial charge >= 0.3 is 19.8 Å². The molecule has 12 heteroatoms. The van der Waals surface area contributed by atoms with Gasteiger partial charge in [0.2, 0.25) is 11.8 Å². The van der Waals surface area contributed by atoms with Gasteiger partial charge in [0.1, 0.15) is 6.61 Å². The van der Waals surface area contributed by atoms with Gasteiger partial charge in [0.15, 0.2) is 6.10 Å². The number of amides is 2. The molecule has 2 atom stereocenters. The number of phosphoric acid groups is 1. The van der Waals surface area contributed by atoms with Crippen LogP contribution in [0, 0.1) is 0 Å². The van der Waals surface area contributed by atoms with Crippen molar-refractivity contribution in [2.75, 3.05) is 26.4 Å². The molecule has 0 saturated heterocycles. The van der Waals surface area contributed by atoms with Crippen molar-refractivity contribution in [3.8, 4) is 0 Å². The van der Waals surface area contributed by atoms with Crippen LogP contribution in [0.4, 0.5) is 0 Å². The monoisotopic (exact) mass is 1110 g/mol. The third kappa shape index (κ3) is 54.5. The Balaban J connectivity index is 5.26. The second-order valence-electron chi connectivity index (χ2n) is 22.9. The molecule has 0 heterocycles. The molecule has 0 aliphatic heterocycles. The van der Waals surface area contributed by atoms with Gasteiger partial charge in [-0.2, -0.15) is 0 Å². The number of esters is 2. The van der Waals surface area contributed by atoms with Gasteiger partial charge in [-0.15, -0.1) is 0 Å². The molecule has 0 saturated carbocycles. The Labute approximate surface area is 475 Å². The van der Waals surface area contributed by atoms with E-state index in [1.807, 2.05) is 0 Å². The summed E-state index contributed by atoms with van der Waals surface area (Å²) < 4.78 is 35.2. The van der Waals surface area contributed by atoms with Gasteiger partial charge in [-0.05, 0) is 25.7 Å². The zero-order chi connectivity index (χ0) is 56.4. The minimum Gasteiger partial charge on any atom is -0.462 e. The summed E-state index contributed by atoms with van der Waals surface area (Å²) in [5.74, 6) is -1.47. The van der Waals surface area contributed by atoms with E-state index in [0.29, 0.717) is 25.7 Å². The number of nitrogens with zero attached hydrogens (tertiary/aromatic N) is 1. The molecule has 0 bridgehead atoms. The first kappa shape index (κ1) is 75.2. The summed E-state index contributed by atoms with van der Waals surface area (Å²) in [5, 5.41) is 0. The molecule has 0 aliphatic rings. The lowest BCUT2D eigenvalue weighted by molar-refractivity contribution is -0.161. The van der Waals surface area contributed by atoms with Crippen molar-refractivity contribution in [1.29, 1.82) is 0 Å². The van der Waals surface area contributed by atoms with E-state index in [9.17, 15) is 28.6 Å². The largest absolute Gasteiger partial charge is 0.472 e. The Kier molecular flexibility index (Phi) is 57.4. The number of imide groups is 1. The van der Waals surface area contributed by atoms with E-state index in [1.54, 1.807) is 0 Å². The number of hydrogen-bond donors (Lipinski definition) is 1. The third-order valence-electron chi connectivity index (χ3n) is 15.3. The van der Waals surface area contributed by atoms with Crippen molar-refractivity contribution < 1.29 is 47.2 Å². The van der Waals surface area contributed by atoms with Crippen LogP contribution in [0.2, 0.25) is 0 Å². The fraction of sp³-hybridized carbons (Fsp3) is 0.938. The summed E-state index contributed by atoms with van der Waals surface area (Å²) >= 11 is 0. The van der Waals surface area contributed by atoms with E-state index < -0.39 is 32.5 Å². The SMILES string of the molecule is CCCCCCCCCCCCCCC(=O)OC[C@H](COP(=O)(O)OCCN(C(=O)CCCCCCCCCCCCCC)C(=O)CCCCCCCCCCCCCC)OC(=O)CCCCCCCCCCCCCC. The van der Waals surface area contributed by atoms with E-state index in [-0.39, 0.29) is 57.3 Å². The van der Waals surface area contributed by atoms with Crippen LogP contribution in [0.3, 0.4) is 0 Å². The molecule has 0 rings (SSSR count). The highest BCUT2D eigenvalue weighted by Crippen LogP contribution is 2.43. The lowest BCUT2D eigenvalue weighted by Crippen LogP contribution is -2.39. The molecule has 456 valence electrons. The summed E-state index contributed by atoms with van der Waals surface area (Å²) in [6.07, 6.45) is 56.3. The number of carbonyl (C=O) groups excluding carboxylic acids is 4. The van der Waals surface area contributed by atoms with Gasteiger partial charge in [-0.1, -0.05) is 310 Å². The Hall–Kier alpha value is -1.81. The number of ether oxygens (including phenoxy) is 2. The number of unbranched alkanes of at least 4 members (excludes halogenated alkanes) is 44. The molecular weight excluding hydrogens is 986 g/mol. The summed E-state index contributed by atoms with van der Waals surface area (Å²) in [4.78, 5) is 65.0. The third-order valence-corrected chi connectivity index (χ3v) is 16.3. The molecule has 0 aromatic heterocycles. The van der Waals surface area contributed by atoms with Gasteiger partial charge in [-0.25, -0.2) is 4.57 Å². The highest BCUT2D eigenvalue weighted by Gasteiger charge is 2.28. The molecule has 2 amide bonds. The molecule has 0 radical (unpaired) electrons. The molecule has 77 heavy (non-hydrogen) atoms. The van der Waals surface area contributed by atoms with E-state index in [1.165, 1.54) is 210 Å². The van der Waals surface area contributed by atoms with Gasteiger partial charge < -0.3 is 14.4 Å². The number of carbonyl (C=O) groups is 4. The van der Waals surface area contributed by atoms with Crippen molar-refractivity contribution in [2.24, 2.45) is 0 Å². The zero-order valence-electron chi connectivity index (χ0n) is 51.2. The Morgan fingerprint density at radius 3 is 0.909 bits per heavy atom. The van der Waals surface area contributed by atoms with Gasteiger partial charge in [-0.3, -0.25) is 33.1 Å². The summed E-state index contributed by atoms with van der Waals surface area (Å²) in [7, 11) is -4.73. The molecule has 0 fully saturated rings. The number of rotatable bonds is 62. The predicted molar refractivity (Wildman–Crippen MR) is 322 cm³/mol. The van der Waals surface area contributed by atoms with Crippen LogP contribution < -0.4 is 0 Å². The molecular formula is C65H126NO10P. The average molecular weight is 1110 g/mol. The van der Waals surface area contributed by atoms with Crippen molar-refractivity contribution >= 4 is 31.6 Å². The van der Waals surface area contributed by atoms with Crippen LogP contribution in [-0.2, 0) is 42.3 Å². The fourth-order valence-electron chi connectivity index (χ4n) is 10.2. The van der Waals surface area contributed by atoms with Crippen LogP contribution in [-0.4, -0.2) is 66.0 Å². The lowest BCUT2D eigenvalue weighted by Gasteiger charge is -2.23. The fourth-order valence-corrected chi connectivity index (χ4v) is 10.9. The zero-order valence-corrected chi connectivity index (χ0v) is 52.1. The maximum absolute atomic E-state index is 13.6. The number of hydrogen-bond acceptors (Lipinski definition) is 9. The normalized spacial score (nSPS) is 12.7. The van der Waals surface area contributed by atoms with Gasteiger partial charge in [0.25, 0.3) is 0 Å². The minimum absolute atomic E-state index is 0.170. The van der Waals surface area contributed by atoms with Crippen LogP contribution in [0.15, 0.2) is 0 Å². The van der Waals surface area contributed by atoms with Crippen LogP contribution in [0.25, 0.3) is 0 Å². The lowest BCUT2D eigenvalue weighted by atomic mass is 10.0. The van der Waals surface area contributed by atoms with E-state index in [2.05, 4.69) is 27.7 Å². The summed E-state index contributed by atoms with van der Waals surface area (Å²) in [5.41, 5.74) is 0. The first-order valence-electron chi connectivity index (χ1n) is 33.4. The van der Waals surface area contributed by atoms with Gasteiger partial charge in [0, 0.05) is 25.7 Å². The summed E-state index contributed by atoms with van der Waals surface area (Å²) in [6, 6.07) is 0. The summed E-state index contributed by atoms with van der Waals surface area (Å²) in [6.45, 7) is 7.58. The maximum Gasteiger partial charge on any atom is 0.472 e. The number of phosphoric ester groups is 1. The van der Waals surface area contributed by atoms with E-state index in [4.69, 9.17) is 18.5 Å². The molecule has 0 aromatic rings. The van der Waals surface area contributed by atoms with Crippen molar-refractivity contribution in [2.45, 2.75) is 368 Å².